The molecular weight excluding hydrogens is 248 g/mol. The van der Waals surface area contributed by atoms with Crippen LogP contribution in [-0.4, -0.2) is 35.0 Å². The molecule has 1 unspecified atom stereocenters. The van der Waals surface area contributed by atoms with Crippen LogP contribution < -0.4 is 10.6 Å². The van der Waals surface area contributed by atoms with Crippen LogP contribution in [0.5, 0.6) is 0 Å². The number of carboxylic acid groups (broad SMARTS) is 1. The smallest absolute Gasteiger partial charge is 0.329 e. The fraction of sp³-hybridized carbons (Fsp3) is 0.769. The van der Waals surface area contributed by atoms with Crippen molar-refractivity contribution in [3.8, 4) is 0 Å². The van der Waals surface area contributed by atoms with Gasteiger partial charge in [0.05, 0.1) is 6.54 Å². The highest BCUT2D eigenvalue weighted by Crippen LogP contribution is 2.08. The van der Waals surface area contributed by atoms with Gasteiger partial charge < -0.3 is 15.7 Å². The van der Waals surface area contributed by atoms with Gasteiger partial charge in [-0.1, -0.05) is 20.8 Å². The summed E-state index contributed by atoms with van der Waals surface area (Å²) in [6.07, 6.45) is 1.40. The Balaban J connectivity index is 4.12. The Hall–Kier alpha value is -1.59. The molecule has 0 aliphatic heterocycles. The number of nitrogens with one attached hydrogen (secondary N) is 2. The van der Waals surface area contributed by atoms with E-state index in [0.717, 1.165) is 6.42 Å². The van der Waals surface area contributed by atoms with Crippen molar-refractivity contribution >= 4 is 17.8 Å². The second kappa shape index (κ2) is 7.76. The molecule has 0 aliphatic rings. The molecule has 0 aromatic heterocycles. The van der Waals surface area contributed by atoms with Crippen molar-refractivity contribution in [2.24, 2.45) is 5.92 Å². The molecule has 6 heteroatoms. The summed E-state index contributed by atoms with van der Waals surface area (Å²) in [5.41, 5.74) is -1.29. The highest BCUT2D eigenvalue weighted by molar-refractivity contribution is 5.89. The second-order valence-corrected chi connectivity index (χ2v) is 5.25. The number of carboxylic acids is 1. The minimum Gasteiger partial charge on any atom is -0.480 e. The Labute approximate surface area is 113 Å². The summed E-state index contributed by atoms with van der Waals surface area (Å²) in [7, 11) is 0. The molecule has 0 radical (unpaired) electrons. The van der Waals surface area contributed by atoms with E-state index in [0.29, 0.717) is 12.3 Å². The van der Waals surface area contributed by atoms with E-state index in [2.05, 4.69) is 10.6 Å². The maximum atomic E-state index is 11.6. The van der Waals surface area contributed by atoms with Crippen molar-refractivity contribution in [1.29, 1.82) is 0 Å². The van der Waals surface area contributed by atoms with Gasteiger partial charge in [0.2, 0.25) is 11.8 Å². The lowest BCUT2D eigenvalue weighted by atomic mass is 9.99. The van der Waals surface area contributed by atoms with E-state index in [-0.39, 0.29) is 18.9 Å². The predicted octanol–water partition coefficient (Wildman–Crippen LogP) is 0.908. The molecule has 3 N–H and O–H groups in total. The van der Waals surface area contributed by atoms with E-state index in [1.165, 1.54) is 6.92 Å². The number of aliphatic carboxylic acids is 1. The third-order valence-corrected chi connectivity index (χ3v) is 2.99. The fourth-order valence-corrected chi connectivity index (χ4v) is 1.33. The molecular formula is C13H24N2O4. The maximum absolute atomic E-state index is 11.6. The Bertz CT molecular complexity index is 342. The third kappa shape index (κ3) is 6.79. The number of hydrogen-bond donors (Lipinski definition) is 3. The average Bonchev–Trinajstić information content (AvgIpc) is 2.33. The Morgan fingerprint density at radius 2 is 1.79 bits per heavy atom. The van der Waals surface area contributed by atoms with Crippen molar-refractivity contribution < 1.29 is 19.5 Å². The first-order valence-corrected chi connectivity index (χ1v) is 6.52. The molecule has 0 aromatic rings. The zero-order chi connectivity index (χ0) is 15.1. The first kappa shape index (κ1) is 17.4. The van der Waals surface area contributed by atoms with Crippen LogP contribution in [0.4, 0.5) is 0 Å². The van der Waals surface area contributed by atoms with Gasteiger partial charge in [0, 0.05) is 6.42 Å². The number of amides is 2. The van der Waals surface area contributed by atoms with Crippen molar-refractivity contribution in [3.63, 3.8) is 0 Å². The van der Waals surface area contributed by atoms with Gasteiger partial charge in [-0.05, 0) is 25.7 Å². The van der Waals surface area contributed by atoms with Crippen LogP contribution >= 0.6 is 0 Å². The normalized spacial score (nSPS) is 13.7. The van der Waals surface area contributed by atoms with E-state index in [4.69, 9.17) is 5.11 Å². The van der Waals surface area contributed by atoms with Crippen molar-refractivity contribution in [1.82, 2.24) is 10.6 Å². The lowest BCUT2D eigenvalue weighted by Crippen LogP contribution is -2.54. The first-order valence-electron chi connectivity index (χ1n) is 6.52. The molecule has 0 rings (SSSR count). The molecule has 0 aromatic carbocycles. The van der Waals surface area contributed by atoms with E-state index in [1.54, 1.807) is 6.92 Å². The summed E-state index contributed by atoms with van der Waals surface area (Å²) in [5, 5.41) is 13.9. The number of carbonyl (C=O) groups is 3. The monoisotopic (exact) mass is 272 g/mol. The van der Waals surface area contributed by atoms with E-state index in [1.807, 2.05) is 13.8 Å². The molecule has 0 fully saturated rings. The Morgan fingerprint density at radius 3 is 2.21 bits per heavy atom. The largest absolute Gasteiger partial charge is 0.480 e. The summed E-state index contributed by atoms with van der Waals surface area (Å²) in [6.45, 7) is 6.95. The van der Waals surface area contributed by atoms with Gasteiger partial charge in [0.1, 0.15) is 5.54 Å². The zero-order valence-corrected chi connectivity index (χ0v) is 12.1. The molecule has 0 spiro atoms. The number of hydrogen-bond acceptors (Lipinski definition) is 3. The third-order valence-electron chi connectivity index (χ3n) is 2.99. The molecule has 0 heterocycles. The van der Waals surface area contributed by atoms with Crippen LogP contribution in [-0.2, 0) is 14.4 Å². The van der Waals surface area contributed by atoms with Crippen molar-refractivity contribution in [3.05, 3.63) is 0 Å². The van der Waals surface area contributed by atoms with Crippen LogP contribution in [0.3, 0.4) is 0 Å². The Morgan fingerprint density at radius 1 is 1.21 bits per heavy atom. The van der Waals surface area contributed by atoms with Crippen LogP contribution in [0.2, 0.25) is 0 Å². The molecule has 110 valence electrons. The first-order chi connectivity index (χ1) is 8.71. The summed E-state index contributed by atoms with van der Waals surface area (Å²) in [6, 6.07) is 0. The van der Waals surface area contributed by atoms with Crippen molar-refractivity contribution in [2.45, 2.75) is 52.5 Å². The Kier molecular flexibility index (Phi) is 7.11. The summed E-state index contributed by atoms with van der Waals surface area (Å²) in [4.78, 5) is 34.0. The average molecular weight is 272 g/mol. The molecule has 2 amide bonds. The molecule has 0 bridgehead atoms. The molecule has 6 nitrogen and oxygen atoms in total. The SMILES string of the molecule is CCC(C)(NC(=O)CNC(=O)CCC(C)C)C(=O)O. The lowest BCUT2D eigenvalue weighted by Gasteiger charge is -2.24. The van der Waals surface area contributed by atoms with Crippen molar-refractivity contribution in [2.75, 3.05) is 6.54 Å². The van der Waals surface area contributed by atoms with Gasteiger partial charge in [-0.2, -0.15) is 0 Å². The van der Waals surface area contributed by atoms with E-state index in [9.17, 15) is 14.4 Å². The topological polar surface area (TPSA) is 95.5 Å². The summed E-state index contributed by atoms with van der Waals surface area (Å²) >= 11 is 0. The summed E-state index contributed by atoms with van der Waals surface area (Å²) in [5.74, 6) is -1.36. The highest BCUT2D eigenvalue weighted by Gasteiger charge is 2.32. The fourth-order valence-electron chi connectivity index (χ4n) is 1.33. The van der Waals surface area contributed by atoms with Crippen LogP contribution in [0.15, 0.2) is 0 Å². The number of carbonyl (C=O) groups excluding carboxylic acids is 2. The van der Waals surface area contributed by atoms with E-state index >= 15 is 0 Å². The standard InChI is InChI=1S/C13H24N2O4/c1-5-13(4,12(18)19)15-11(17)8-14-10(16)7-6-9(2)3/h9H,5-8H2,1-4H3,(H,14,16)(H,15,17)(H,18,19). The number of rotatable bonds is 8. The van der Waals surface area contributed by atoms with Gasteiger partial charge in [-0.3, -0.25) is 9.59 Å². The van der Waals surface area contributed by atoms with Crippen LogP contribution in [0.1, 0.15) is 47.0 Å². The summed E-state index contributed by atoms with van der Waals surface area (Å²) < 4.78 is 0. The van der Waals surface area contributed by atoms with Gasteiger partial charge in [0.25, 0.3) is 0 Å². The predicted molar refractivity (Wildman–Crippen MR) is 71.6 cm³/mol. The lowest BCUT2D eigenvalue weighted by molar-refractivity contribution is -0.146. The van der Waals surface area contributed by atoms with Crippen LogP contribution in [0, 0.1) is 5.92 Å². The quantitative estimate of drug-likeness (QED) is 0.612. The molecule has 0 saturated heterocycles. The van der Waals surface area contributed by atoms with Crippen LogP contribution in [0.25, 0.3) is 0 Å². The zero-order valence-electron chi connectivity index (χ0n) is 12.1. The molecule has 19 heavy (non-hydrogen) atoms. The minimum atomic E-state index is -1.29. The van der Waals surface area contributed by atoms with Gasteiger partial charge in [-0.15, -0.1) is 0 Å². The highest BCUT2D eigenvalue weighted by atomic mass is 16.4. The maximum Gasteiger partial charge on any atom is 0.329 e. The molecule has 0 aliphatic carbocycles. The second-order valence-electron chi connectivity index (χ2n) is 5.25. The van der Waals surface area contributed by atoms with Gasteiger partial charge >= 0.3 is 5.97 Å². The molecule has 0 saturated carbocycles. The van der Waals surface area contributed by atoms with Gasteiger partial charge in [0.15, 0.2) is 0 Å². The minimum absolute atomic E-state index is 0.195. The molecule has 1 atom stereocenters. The van der Waals surface area contributed by atoms with Gasteiger partial charge in [-0.25, -0.2) is 4.79 Å². The van der Waals surface area contributed by atoms with E-state index < -0.39 is 17.4 Å².